The van der Waals surface area contributed by atoms with Crippen LogP contribution in [0.25, 0.3) is 65.3 Å². The first-order valence-electron chi connectivity index (χ1n) is 16.2. The van der Waals surface area contributed by atoms with E-state index >= 15 is 0 Å². The predicted molar refractivity (Wildman–Crippen MR) is 199 cm³/mol. The van der Waals surface area contributed by atoms with E-state index in [0.717, 1.165) is 22.7 Å². The second-order valence-corrected chi connectivity index (χ2v) is 12.4. The summed E-state index contributed by atoms with van der Waals surface area (Å²) in [6, 6.07) is 58.8. The zero-order valence-electron chi connectivity index (χ0n) is 25.6. The lowest BCUT2D eigenvalue weighted by Gasteiger charge is -2.27. The van der Waals surface area contributed by atoms with Crippen molar-refractivity contribution in [2.24, 2.45) is 4.99 Å². The molecule has 1 N–H and O–H groups in total. The molecule has 0 bridgehead atoms. The number of anilines is 1. The van der Waals surface area contributed by atoms with Crippen molar-refractivity contribution in [3.63, 3.8) is 0 Å². The number of fused-ring (bicyclic) bond motifs is 11. The van der Waals surface area contributed by atoms with Gasteiger partial charge in [-0.2, -0.15) is 0 Å². The van der Waals surface area contributed by atoms with Gasteiger partial charge in [-0.1, -0.05) is 152 Å². The molecule has 1 atom stereocenters. The van der Waals surface area contributed by atoms with Crippen molar-refractivity contribution >= 4 is 65.8 Å². The van der Waals surface area contributed by atoms with Crippen LogP contribution in [-0.2, 0) is 0 Å². The average molecular weight is 600 g/mol. The summed E-state index contributed by atoms with van der Waals surface area (Å²) in [5.41, 5.74) is 8.15. The van der Waals surface area contributed by atoms with Gasteiger partial charge in [0.2, 0.25) is 5.96 Å². The Morgan fingerprint density at radius 2 is 1.09 bits per heavy atom. The molecule has 10 rings (SSSR count). The number of rotatable bonds is 2. The van der Waals surface area contributed by atoms with Gasteiger partial charge in [-0.25, -0.2) is 4.99 Å². The smallest absolute Gasteiger partial charge is 0.208 e. The Labute approximate surface area is 272 Å². The molecule has 0 saturated carbocycles. The van der Waals surface area contributed by atoms with Gasteiger partial charge in [0.25, 0.3) is 0 Å². The molecule has 2 heterocycles. The second-order valence-electron chi connectivity index (χ2n) is 12.4. The summed E-state index contributed by atoms with van der Waals surface area (Å²) >= 11 is 0. The Morgan fingerprint density at radius 3 is 1.89 bits per heavy atom. The molecule has 3 nitrogen and oxygen atoms in total. The highest BCUT2D eigenvalue weighted by molar-refractivity contribution is 6.37. The molecular weight excluding hydrogens is 571 g/mol. The predicted octanol–water partition coefficient (Wildman–Crippen LogP) is 11.3. The summed E-state index contributed by atoms with van der Waals surface area (Å²) in [5, 5.41) is 13.8. The van der Waals surface area contributed by atoms with Gasteiger partial charge in [0.15, 0.2) is 0 Å². The van der Waals surface area contributed by atoms with E-state index in [9.17, 15) is 0 Å². The van der Waals surface area contributed by atoms with Crippen molar-refractivity contribution < 1.29 is 0 Å². The standard InChI is InChI=1S/C44H29N3/c1-2-12-28(13-3-1)29-22-24-31(25-23-29)42-37-20-10-11-21-38(37)45-44(46-42)47-39-27-26-30-14-4-5-15-32(30)40(39)41-35-18-8-6-16-33(35)34-17-7-9-19-36(34)43(41)47/h1-27,42H,(H,45,46). The number of aliphatic imine (C=N–C) groups is 1. The van der Waals surface area contributed by atoms with Crippen molar-refractivity contribution in [2.45, 2.75) is 6.04 Å². The summed E-state index contributed by atoms with van der Waals surface area (Å²) < 4.78 is 2.38. The van der Waals surface area contributed by atoms with Crippen LogP contribution in [0.4, 0.5) is 5.69 Å². The van der Waals surface area contributed by atoms with Crippen LogP contribution < -0.4 is 5.32 Å². The minimum absolute atomic E-state index is 0.160. The summed E-state index contributed by atoms with van der Waals surface area (Å²) in [4.78, 5) is 5.57. The Hall–Kier alpha value is -6.19. The van der Waals surface area contributed by atoms with Crippen LogP contribution in [0.1, 0.15) is 17.2 Å². The average Bonchev–Trinajstić information content (AvgIpc) is 3.51. The highest BCUT2D eigenvalue weighted by Gasteiger charge is 2.27. The number of benzene rings is 8. The van der Waals surface area contributed by atoms with E-state index in [2.05, 4.69) is 174 Å². The Bertz CT molecular complexity index is 2700. The summed E-state index contributed by atoms with van der Waals surface area (Å²) in [7, 11) is 0. The van der Waals surface area contributed by atoms with Crippen molar-refractivity contribution in [2.75, 3.05) is 5.32 Å². The monoisotopic (exact) mass is 599 g/mol. The number of hydrogen-bond donors (Lipinski definition) is 1. The molecule has 47 heavy (non-hydrogen) atoms. The third-order valence-corrected chi connectivity index (χ3v) is 9.83. The third-order valence-electron chi connectivity index (χ3n) is 9.83. The van der Waals surface area contributed by atoms with E-state index in [1.54, 1.807) is 0 Å². The zero-order valence-corrected chi connectivity index (χ0v) is 25.6. The fourth-order valence-corrected chi connectivity index (χ4v) is 7.71. The first-order chi connectivity index (χ1) is 23.3. The number of hydrogen-bond acceptors (Lipinski definition) is 2. The van der Waals surface area contributed by atoms with Gasteiger partial charge in [-0.05, 0) is 55.8 Å². The second kappa shape index (κ2) is 10.2. The first-order valence-corrected chi connectivity index (χ1v) is 16.2. The van der Waals surface area contributed by atoms with E-state index in [1.165, 1.54) is 65.3 Å². The molecule has 0 aliphatic carbocycles. The van der Waals surface area contributed by atoms with Crippen molar-refractivity contribution in [1.82, 2.24) is 4.57 Å². The van der Waals surface area contributed by atoms with Crippen LogP contribution in [0.2, 0.25) is 0 Å². The Morgan fingerprint density at radius 1 is 0.468 bits per heavy atom. The minimum atomic E-state index is -0.160. The largest absolute Gasteiger partial charge is 0.325 e. The maximum atomic E-state index is 5.57. The molecule has 9 aromatic rings. The lowest BCUT2D eigenvalue weighted by molar-refractivity contribution is 0.852. The van der Waals surface area contributed by atoms with E-state index in [-0.39, 0.29) is 6.04 Å². The summed E-state index contributed by atoms with van der Waals surface area (Å²) in [6.45, 7) is 0. The maximum absolute atomic E-state index is 5.57. The molecule has 0 spiro atoms. The molecule has 0 radical (unpaired) electrons. The summed E-state index contributed by atoms with van der Waals surface area (Å²) in [6.07, 6.45) is 0. The van der Waals surface area contributed by atoms with Crippen LogP contribution in [0.5, 0.6) is 0 Å². The van der Waals surface area contributed by atoms with Gasteiger partial charge in [-0.15, -0.1) is 0 Å². The van der Waals surface area contributed by atoms with Crippen LogP contribution >= 0.6 is 0 Å². The van der Waals surface area contributed by atoms with Crippen LogP contribution in [0, 0.1) is 0 Å². The van der Waals surface area contributed by atoms with Crippen LogP contribution in [-0.4, -0.2) is 10.5 Å². The number of aromatic nitrogens is 1. The Kier molecular flexibility index (Phi) is 5.64. The molecule has 1 aliphatic rings. The van der Waals surface area contributed by atoms with Crippen molar-refractivity contribution in [3.05, 3.63) is 175 Å². The van der Waals surface area contributed by atoms with Gasteiger partial charge in [0.05, 0.1) is 11.0 Å². The molecule has 220 valence electrons. The van der Waals surface area contributed by atoms with E-state index < -0.39 is 0 Å². The molecule has 0 amide bonds. The zero-order chi connectivity index (χ0) is 30.9. The van der Waals surface area contributed by atoms with E-state index in [4.69, 9.17) is 4.99 Å². The molecule has 1 aromatic heterocycles. The molecule has 0 fully saturated rings. The molecule has 8 aromatic carbocycles. The highest BCUT2D eigenvalue weighted by Crippen LogP contribution is 2.44. The highest BCUT2D eigenvalue weighted by atomic mass is 15.2. The Balaban J connectivity index is 1.30. The fourth-order valence-electron chi connectivity index (χ4n) is 7.71. The third kappa shape index (κ3) is 3.90. The normalized spacial score (nSPS) is 14.5. The van der Waals surface area contributed by atoms with E-state index in [0.29, 0.717) is 0 Å². The first kappa shape index (κ1) is 26.1. The minimum Gasteiger partial charge on any atom is -0.325 e. The fraction of sp³-hybridized carbons (Fsp3) is 0.0227. The number of nitrogens with zero attached hydrogens (tertiary/aromatic N) is 2. The lowest BCUT2D eigenvalue weighted by Crippen LogP contribution is -2.27. The SMILES string of the molecule is c1ccc(-c2ccc(C3N=C(n4c5ccc6ccccc6c5c5c6ccccc6c6ccccc6c54)Nc4ccccc43)cc2)cc1. The summed E-state index contributed by atoms with van der Waals surface area (Å²) in [5.74, 6) is 0.830. The molecule has 1 unspecified atom stereocenters. The van der Waals surface area contributed by atoms with Crippen LogP contribution in [0.3, 0.4) is 0 Å². The maximum Gasteiger partial charge on any atom is 0.208 e. The van der Waals surface area contributed by atoms with Gasteiger partial charge < -0.3 is 5.32 Å². The molecule has 3 heteroatoms. The number of nitrogens with one attached hydrogen (secondary N) is 1. The topological polar surface area (TPSA) is 29.3 Å². The molecule has 1 aliphatic heterocycles. The van der Waals surface area contributed by atoms with Gasteiger partial charge in [0, 0.05) is 27.4 Å². The van der Waals surface area contributed by atoms with Crippen molar-refractivity contribution in [1.29, 1.82) is 0 Å². The van der Waals surface area contributed by atoms with Gasteiger partial charge in [0.1, 0.15) is 6.04 Å². The van der Waals surface area contributed by atoms with Gasteiger partial charge in [-0.3, -0.25) is 4.57 Å². The lowest BCUT2D eigenvalue weighted by atomic mass is 9.94. The van der Waals surface area contributed by atoms with Crippen LogP contribution in [0.15, 0.2) is 169 Å². The van der Waals surface area contributed by atoms with E-state index in [1.807, 2.05) is 0 Å². The number of para-hydroxylation sites is 1. The molecular formula is C44H29N3. The van der Waals surface area contributed by atoms with Crippen molar-refractivity contribution in [3.8, 4) is 11.1 Å². The van der Waals surface area contributed by atoms with Gasteiger partial charge >= 0.3 is 0 Å². The molecule has 0 saturated heterocycles. The quantitative estimate of drug-likeness (QED) is 0.197.